The highest BCUT2D eigenvalue weighted by Gasteiger charge is 2.19. The number of aromatic nitrogens is 2. The summed E-state index contributed by atoms with van der Waals surface area (Å²) < 4.78 is 11.2. The molecule has 6 heteroatoms. The zero-order chi connectivity index (χ0) is 17.9. The number of aryl methyl sites for hydroxylation is 1. The average Bonchev–Trinajstić information content (AvgIpc) is 3.28. The molecule has 2 aromatic carbocycles. The molecule has 0 aliphatic rings. The van der Waals surface area contributed by atoms with E-state index in [0.717, 1.165) is 39.0 Å². The van der Waals surface area contributed by atoms with E-state index in [9.17, 15) is 0 Å². The zero-order valence-electron chi connectivity index (χ0n) is 14.0. The molecule has 4 aromatic rings. The van der Waals surface area contributed by atoms with Crippen LogP contribution in [0.25, 0.3) is 22.5 Å². The van der Waals surface area contributed by atoms with Crippen LogP contribution in [0.3, 0.4) is 0 Å². The van der Waals surface area contributed by atoms with E-state index in [2.05, 4.69) is 5.16 Å². The quantitative estimate of drug-likeness (QED) is 0.424. The molecule has 0 saturated carbocycles. The van der Waals surface area contributed by atoms with Crippen LogP contribution in [0.5, 0.6) is 5.75 Å². The third kappa shape index (κ3) is 3.49. The van der Waals surface area contributed by atoms with Crippen LogP contribution < -0.4 is 4.74 Å². The number of hydrogen-bond donors (Lipinski definition) is 0. The van der Waals surface area contributed by atoms with Crippen LogP contribution in [0.4, 0.5) is 0 Å². The van der Waals surface area contributed by atoms with E-state index in [1.165, 1.54) is 0 Å². The van der Waals surface area contributed by atoms with Gasteiger partial charge in [-0.05, 0) is 31.2 Å². The molecular weight excluding hydrogens is 368 g/mol. The molecule has 0 N–H and O–H groups in total. The van der Waals surface area contributed by atoms with Crippen LogP contribution in [0.1, 0.15) is 10.8 Å². The van der Waals surface area contributed by atoms with Crippen LogP contribution in [0.2, 0.25) is 5.02 Å². The molecule has 4 rings (SSSR count). The van der Waals surface area contributed by atoms with Crippen LogP contribution in [0, 0.1) is 6.92 Å². The predicted octanol–water partition coefficient (Wildman–Crippen LogP) is 6.01. The van der Waals surface area contributed by atoms with Crippen molar-refractivity contribution in [2.24, 2.45) is 0 Å². The van der Waals surface area contributed by atoms with Gasteiger partial charge in [0.1, 0.15) is 28.8 Å². The molecule has 0 saturated heterocycles. The number of benzene rings is 2. The summed E-state index contributed by atoms with van der Waals surface area (Å²) in [7, 11) is 0. The summed E-state index contributed by atoms with van der Waals surface area (Å²) in [6.45, 7) is 2.30. The maximum atomic E-state index is 5.89. The van der Waals surface area contributed by atoms with Gasteiger partial charge in [0.05, 0.1) is 11.3 Å². The van der Waals surface area contributed by atoms with Crippen molar-refractivity contribution in [2.45, 2.75) is 13.5 Å². The van der Waals surface area contributed by atoms with Gasteiger partial charge in [-0.1, -0.05) is 47.1 Å². The van der Waals surface area contributed by atoms with Gasteiger partial charge in [-0.15, -0.1) is 11.3 Å². The monoisotopic (exact) mass is 382 g/mol. The van der Waals surface area contributed by atoms with E-state index < -0.39 is 0 Å². The van der Waals surface area contributed by atoms with Gasteiger partial charge in [0.15, 0.2) is 0 Å². The molecule has 0 atom stereocenters. The first kappa shape index (κ1) is 16.8. The molecule has 0 aliphatic heterocycles. The molecule has 0 unspecified atom stereocenters. The van der Waals surface area contributed by atoms with E-state index in [0.29, 0.717) is 11.6 Å². The summed E-state index contributed by atoms with van der Waals surface area (Å²) in [4.78, 5) is 4.70. The van der Waals surface area contributed by atoms with Crippen LogP contribution >= 0.6 is 22.9 Å². The molecule has 4 nitrogen and oxygen atoms in total. The Balaban J connectivity index is 1.57. The lowest BCUT2D eigenvalue weighted by Gasteiger charge is -2.03. The van der Waals surface area contributed by atoms with E-state index in [4.69, 9.17) is 25.8 Å². The highest BCUT2D eigenvalue weighted by Crippen LogP contribution is 2.34. The van der Waals surface area contributed by atoms with Crippen molar-refractivity contribution in [3.05, 3.63) is 75.8 Å². The standard InChI is InChI=1S/C20H15ClN2O2S/c1-13-19(20(23-25-13)14-5-3-2-4-6-14)17-12-26-18(22-17)11-24-16-9-7-15(21)8-10-16/h2-10,12H,11H2,1H3. The Bertz CT molecular complexity index is 1010. The summed E-state index contributed by atoms with van der Waals surface area (Å²) in [5.74, 6) is 1.51. The highest BCUT2D eigenvalue weighted by atomic mass is 35.5. The Hall–Kier alpha value is -2.63. The minimum absolute atomic E-state index is 0.400. The number of halogens is 1. The molecule has 26 heavy (non-hydrogen) atoms. The molecule has 0 bridgehead atoms. The van der Waals surface area contributed by atoms with Crippen molar-refractivity contribution in [2.75, 3.05) is 0 Å². The Labute approximate surface area is 160 Å². The predicted molar refractivity (Wildman–Crippen MR) is 104 cm³/mol. The van der Waals surface area contributed by atoms with Crippen LogP contribution in [-0.2, 0) is 6.61 Å². The van der Waals surface area contributed by atoms with Crippen molar-refractivity contribution >= 4 is 22.9 Å². The van der Waals surface area contributed by atoms with E-state index in [1.807, 2.05) is 54.8 Å². The number of nitrogens with zero attached hydrogens (tertiary/aromatic N) is 2. The van der Waals surface area contributed by atoms with Gasteiger partial charge in [0.25, 0.3) is 0 Å². The van der Waals surface area contributed by atoms with E-state index >= 15 is 0 Å². The largest absolute Gasteiger partial charge is 0.486 e. The molecular formula is C20H15ClN2O2S. The van der Waals surface area contributed by atoms with Gasteiger partial charge in [-0.2, -0.15) is 0 Å². The second kappa shape index (κ2) is 7.32. The summed E-state index contributed by atoms with van der Waals surface area (Å²) in [6, 6.07) is 17.3. The van der Waals surface area contributed by atoms with Gasteiger partial charge in [-0.3, -0.25) is 0 Å². The molecule has 2 aromatic heterocycles. The number of thiazole rings is 1. The number of rotatable bonds is 5. The van der Waals surface area contributed by atoms with Gasteiger partial charge in [-0.25, -0.2) is 4.98 Å². The first-order valence-electron chi connectivity index (χ1n) is 8.05. The van der Waals surface area contributed by atoms with E-state index in [-0.39, 0.29) is 0 Å². The Morgan fingerprint density at radius 2 is 1.85 bits per heavy atom. The Morgan fingerprint density at radius 3 is 2.62 bits per heavy atom. The van der Waals surface area contributed by atoms with Crippen molar-refractivity contribution < 1.29 is 9.26 Å². The maximum Gasteiger partial charge on any atom is 0.143 e. The number of ether oxygens (including phenoxy) is 1. The van der Waals surface area contributed by atoms with Crippen molar-refractivity contribution in [1.82, 2.24) is 10.1 Å². The maximum absolute atomic E-state index is 5.89. The van der Waals surface area contributed by atoms with E-state index in [1.54, 1.807) is 23.5 Å². The first-order valence-corrected chi connectivity index (χ1v) is 9.31. The molecule has 0 spiro atoms. The summed E-state index contributed by atoms with van der Waals surface area (Å²) in [5, 5.41) is 7.80. The van der Waals surface area contributed by atoms with Gasteiger partial charge >= 0.3 is 0 Å². The first-order chi connectivity index (χ1) is 12.7. The van der Waals surface area contributed by atoms with Crippen molar-refractivity contribution in [3.63, 3.8) is 0 Å². The molecule has 0 aliphatic carbocycles. The molecule has 130 valence electrons. The van der Waals surface area contributed by atoms with Gasteiger partial charge < -0.3 is 9.26 Å². The lowest BCUT2D eigenvalue weighted by Crippen LogP contribution is -1.94. The third-order valence-corrected chi connectivity index (χ3v) is 4.97. The smallest absolute Gasteiger partial charge is 0.143 e. The molecule has 0 fully saturated rings. The Kier molecular flexibility index (Phi) is 4.73. The fraction of sp³-hybridized carbons (Fsp3) is 0.100. The average molecular weight is 383 g/mol. The number of hydrogen-bond acceptors (Lipinski definition) is 5. The fourth-order valence-corrected chi connectivity index (χ4v) is 3.46. The van der Waals surface area contributed by atoms with Gasteiger partial charge in [0.2, 0.25) is 0 Å². The normalized spacial score (nSPS) is 10.8. The van der Waals surface area contributed by atoms with Gasteiger partial charge in [0, 0.05) is 16.0 Å². The lowest BCUT2D eigenvalue weighted by atomic mass is 10.0. The van der Waals surface area contributed by atoms with Crippen LogP contribution in [-0.4, -0.2) is 10.1 Å². The zero-order valence-corrected chi connectivity index (χ0v) is 15.6. The summed E-state index contributed by atoms with van der Waals surface area (Å²) >= 11 is 7.44. The second-order valence-electron chi connectivity index (χ2n) is 5.70. The van der Waals surface area contributed by atoms with Crippen LogP contribution in [0.15, 0.2) is 64.5 Å². The minimum Gasteiger partial charge on any atom is -0.486 e. The molecule has 0 amide bonds. The highest BCUT2D eigenvalue weighted by molar-refractivity contribution is 7.09. The third-order valence-electron chi connectivity index (χ3n) is 3.89. The summed E-state index contributed by atoms with van der Waals surface area (Å²) in [5.41, 5.74) is 3.58. The second-order valence-corrected chi connectivity index (χ2v) is 7.08. The molecule has 0 radical (unpaired) electrons. The summed E-state index contributed by atoms with van der Waals surface area (Å²) in [6.07, 6.45) is 0. The van der Waals surface area contributed by atoms with Crippen molar-refractivity contribution in [1.29, 1.82) is 0 Å². The van der Waals surface area contributed by atoms with Crippen molar-refractivity contribution in [3.8, 4) is 28.3 Å². The fourth-order valence-electron chi connectivity index (χ4n) is 2.63. The Morgan fingerprint density at radius 1 is 1.08 bits per heavy atom. The topological polar surface area (TPSA) is 48.2 Å². The SMILES string of the molecule is Cc1onc(-c2ccccc2)c1-c1csc(COc2ccc(Cl)cc2)n1. The molecule has 2 heterocycles. The minimum atomic E-state index is 0.400. The lowest BCUT2D eigenvalue weighted by molar-refractivity contribution is 0.305.